The minimum absolute atomic E-state index is 0.0446. The first-order chi connectivity index (χ1) is 14.8. The monoisotopic (exact) mass is 443 g/mol. The first-order valence-electron chi connectivity index (χ1n) is 9.57. The number of hydrogen-bond acceptors (Lipinski definition) is 6. The van der Waals surface area contributed by atoms with Gasteiger partial charge in [-0.15, -0.1) is 0 Å². The van der Waals surface area contributed by atoms with Crippen molar-refractivity contribution in [3.63, 3.8) is 0 Å². The third-order valence-electron chi connectivity index (χ3n) is 4.99. The molecule has 2 aromatic heterocycles. The number of rotatable bonds is 4. The Morgan fingerprint density at radius 3 is 2.65 bits per heavy atom. The van der Waals surface area contributed by atoms with Gasteiger partial charge in [-0.1, -0.05) is 6.07 Å². The van der Waals surface area contributed by atoms with Gasteiger partial charge in [0.25, 0.3) is 5.88 Å². The zero-order chi connectivity index (χ0) is 22.4. The van der Waals surface area contributed by atoms with Crippen molar-refractivity contribution >= 4 is 5.97 Å². The van der Waals surface area contributed by atoms with Gasteiger partial charge in [0.15, 0.2) is 5.82 Å². The fourth-order valence-corrected chi connectivity index (χ4v) is 3.64. The minimum atomic E-state index is -5.08. The predicted octanol–water partition coefficient (Wildman–Crippen LogP) is 3.06. The van der Waals surface area contributed by atoms with Crippen LogP contribution in [0.5, 0.6) is 5.88 Å². The average Bonchev–Trinajstić information content (AvgIpc) is 3.14. The number of aliphatic carboxylic acids is 1. The van der Waals surface area contributed by atoms with Gasteiger partial charge in [0.05, 0.1) is 6.61 Å². The highest BCUT2D eigenvalue weighted by Gasteiger charge is 2.44. The number of alkyl halides is 3. The maximum atomic E-state index is 13.8. The Morgan fingerprint density at radius 1 is 1.26 bits per heavy atom. The first kappa shape index (κ1) is 22.9. The van der Waals surface area contributed by atoms with Crippen LogP contribution in [0.4, 0.5) is 17.6 Å². The van der Waals surface area contributed by atoms with Crippen LogP contribution in [-0.2, 0) is 16.1 Å². The molecule has 0 spiro atoms. The molecule has 11 heteroatoms. The van der Waals surface area contributed by atoms with Crippen molar-refractivity contribution in [2.75, 3.05) is 13.2 Å². The van der Waals surface area contributed by atoms with Gasteiger partial charge in [0.2, 0.25) is 0 Å². The van der Waals surface area contributed by atoms with Crippen LogP contribution in [0.3, 0.4) is 0 Å². The van der Waals surface area contributed by atoms with E-state index in [0.717, 1.165) is 25.9 Å². The minimum Gasteiger partial charge on any atom is -0.475 e. The van der Waals surface area contributed by atoms with Crippen molar-refractivity contribution in [3.05, 3.63) is 54.2 Å². The third kappa shape index (κ3) is 6.11. The van der Waals surface area contributed by atoms with Crippen LogP contribution in [0.2, 0.25) is 0 Å². The molecule has 1 saturated heterocycles. The van der Waals surface area contributed by atoms with Crippen LogP contribution in [0.25, 0.3) is 0 Å². The van der Waals surface area contributed by atoms with E-state index in [-0.39, 0.29) is 24.1 Å². The molecule has 0 radical (unpaired) electrons. The molecule has 0 bridgehead atoms. The number of fused-ring (bicyclic) bond motifs is 1. The van der Waals surface area contributed by atoms with E-state index in [1.54, 1.807) is 18.5 Å². The molecule has 168 valence electrons. The predicted molar refractivity (Wildman–Crippen MR) is 99.7 cm³/mol. The van der Waals surface area contributed by atoms with E-state index in [4.69, 9.17) is 19.4 Å². The van der Waals surface area contributed by atoms with Crippen LogP contribution >= 0.6 is 0 Å². The van der Waals surface area contributed by atoms with Crippen LogP contribution < -0.4 is 4.74 Å². The second-order valence-electron chi connectivity index (χ2n) is 7.06. The molecular weight excluding hydrogens is 422 g/mol. The zero-order valence-corrected chi connectivity index (χ0v) is 16.3. The van der Waals surface area contributed by atoms with Gasteiger partial charge in [0, 0.05) is 37.7 Å². The second-order valence-corrected chi connectivity index (χ2v) is 7.06. The zero-order valence-electron chi connectivity index (χ0n) is 16.3. The number of carboxylic acids is 1. The summed E-state index contributed by atoms with van der Waals surface area (Å²) in [5, 5.41) is 7.12. The van der Waals surface area contributed by atoms with Crippen LogP contribution in [-0.4, -0.2) is 63.5 Å². The molecular formula is C20H21F4N3O4. The largest absolute Gasteiger partial charge is 0.490 e. The Morgan fingerprint density at radius 2 is 2.00 bits per heavy atom. The number of hydrogen-bond donors (Lipinski definition) is 1. The number of morpholine rings is 1. The lowest BCUT2D eigenvalue weighted by atomic mass is 10.1. The number of nitrogens with zero attached hydrogens (tertiary/aromatic N) is 3. The van der Waals surface area contributed by atoms with Crippen molar-refractivity contribution in [2.45, 2.75) is 43.8 Å². The summed E-state index contributed by atoms with van der Waals surface area (Å²) in [6.07, 6.45) is 1.76. The van der Waals surface area contributed by atoms with Crippen molar-refractivity contribution in [3.8, 4) is 5.88 Å². The number of ether oxygens (including phenoxy) is 2. The number of pyridine rings is 2. The molecule has 1 saturated carbocycles. The molecule has 0 unspecified atom stereocenters. The van der Waals surface area contributed by atoms with E-state index in [1.807, 2.05) is 12.3 Å². The summed E-state index contributed by atoms with van der Waals surface area (Å²) < 4.78 is 57.3. The van der Waals surface area contributed by atoms with E-state index in [2.05, 4.69) is 20.9 Å². The number of aromatic nitrogens is 2. The molecule has 3 heterocycles. The van der Waals surface area contributed by atoms with Gasteiger partial charge in [0.1, 0.15) is 12.2 Å². The Kier molecular flexibility index (Phi) is 7.39. The smallest absolute Gasteiger partial charge is 0.475 e. The summed E-state index contributed by atoms with van der Waals surface area (Å²) in [7, 11) is 0. The van der Waals surface area contributed by atoms with E-state index in [1.165, 1.54) is 11.6 Å². The van der Waals surface area contributed by atoms with Gasteiger partial charge in [-0.2, -0.15) is 13.2 Å². The van der Waals surface area contributed by atoms with E-state index < -0.39 is 18.0 Å². The lowest BCUT2D eigenvalue weighted by molar-refractivity contribution is -0.192. The Bertz CT molecular complexity index is 869. The summed E-state index contributed by atoms with van der Waals surface area (Å²) in [6.45, 7) is 2.40. The Labute approximate surface area is 175 Å². The van der Waals surface area contributed by atoms with Crippen LogP contribution in [0.15, 0.2) is 42.9 Å². The van der Waals surface area contributed by atoms with E-state index in [9.17, 15) is 17.6 Å². The maximum absolute atomic E-state index is 13.8. The summed E-state index contributed by atoms with van der Waals surface area (Å²) in [5.41, 5.74) is 1.19. The molecule has 2 aromatic rings. The lowest BCUT2D eigenvalue weighted by Crippen LogP contribution is -2.51. The molecule has 2 aliphatic rings. The number of halogens is 4. The van der Waals surface area contributed by atoms with Crippen molar-refractivity contribution < 1.29 is 36.9 Å². The molecule has 2 fully saturated rings. The second kappa shape index (κ2) is 10.0. The standard InChI is InChI=1S/C18H20FN3O2.C2HF3O2/c19-14-4-2-8-21-18(14)24-16-6-5-15-17(16)23-10-9-22(15)12-13-3-1-7-20-11-13;3-2(4,5)1(6)7/h1-4,7-8,11,15-17H,5-6,9-10,12H2;(H,6,7)/t15-,16+,17+;/m0./s1. The molecule has 31 heavy (non-hydrogen) atoms. The van der Waals surface area contributed by atoms with Crippen molar-refractivity contribution in [1.82, 2.24) is 14.9 Å². The third-order valence-corrected chi connectivity index (χ3v) is 4.99. The van der Waals surface area contributed by atoms with Crippen LogP contribution in [0.1, 0.15) is 18.4 Å². The quantitative estimate of drug-likeness (QED) is 0.727. The topological polar surface area (TPSA) is 84.8 Å². The highest BCUT2D eigenvalue weighted by atomic mass is 19.4. The van der Waals surface area contributed by atoms with Crippen molar-refractivity contribution in [2.24, 2.45) is 0 Å². The van der Waals surface area contributed by atoms with Crippen molar-refractivity contribution in [1.29, 1.82) is 0 Å². The molecule has 4 rings (SSSR count). The highest BCUT2D eigenvalue weighted by molar-refractivity contribution is 5.73. The molecule has 1 N–H and O–H groups in total. The molecule has 1 aliphatic heterocycles. The molecule has 0 aromatic carbocycles. The molecule has 7 nitrogen and oxygen atoms in total. The summed E-state index contributed by atoms with van der Waals surface area (Å²) in [6, 6.07) is 7.26. The Hall–Kier alpha value is -2.79. The van der Waals surface area contributed by atoms with Crippen LogP contribution in [0, 0.1) is 5.82 Å². The van der Waals surface area contributed by atoms with Gasteiger partial charge < -0.3 is 14.6 Å². The normalized spacial score (nSPS) is 23.4. The Balaban J connectivity index is 0.000000339. The fourth-order valence-electron chi connectivity index (χ4n) is 3.64. The van der Waals surface area contributed by atoms with Gasteiger partial charge in [-0.3, -0.25) is 9.88 Å². The molecule has 3 atom stereocenters. The first-order valence-corrected chi connectivity index (χ1v) is 9.57. The summed E-state index contributed by atoms with van der Waals surface area (Å²) in [5.74, 6) is -3.12. The SMILES string of the molecule is Fc1cccnc1O[C@@H]1CC[C@H]2[C@H]1OCCN2Cc1cccnc1.O=C(O)C(F)(F)F. The number of carboxylic acid groups (broad SMARTS) is 1. The maximum Gasteiger partial charge on any atom is 0.490 e. The fraction of sp³-hybridized carbons (Fsp3) is 0.450. The summed E-state index contributed by atoms with van der Waals surface area (Å²) in [4.78, 5) is 19.5. The number of carbonyl (C=O) groups is 1. The molecule has 0 amide bonds. The van der Waals surface area contributed by atoms with Gasteiger partial charge in [-0.25, -0.2) is 14.2 Å². The molecule has 1 aliphatic carbocycles. The van der Waals surface area contributed by atoms with Gasteiger partial charge in [-0.05, 0) is 36.6 Å². The van der Waals surface area contributed by atoms with E-state index >= 15 is 0 Å². The lowest BCUT2D eigenvalue weighted by Gasteiger charge is -2.38. The van der Waals surface area contributed by atoms with E-state index in [0.29, 0.717) is 6.61 Å². The van der Waals surface area contributed by atoms with Gasteiger partial charge >= 0.3 is 12.1 Å². The highest BCUT2D eigenvalue weighted by Crippen LogP contribution is 2.33. The average molecular weight is 443 g/mol. The summed E-state index contributed by atoms with van der Waals surface area (Å²) >= 11 is 0.